The Morgan fingerprint density at radius 2 is 2.00 bits per heavy atom. The van der Waals surface area contributed by atoms with Crippen molar-refractivity contribution in [3.05, 3.63) is 54.0 Å². The molecule has 27 heavy (non-hydrogen) atoms. The number of aromatic nitrogens is 3. The number of nitrogens with zero attached hydrogens (tertiary/aromatic N) is 3. The Labute approximate surface area is 162 Å². The van der Waals surface area contributed by atoms with Crippen molar-refractivity contribution in [3.63, 3.8) is 0 Å². The molecule has 3 rings (SSSR count). The van der Waals surface area contributed by atoms with Gasteiger partial charge >= 0.3 is 0 Å². The molecular weight excluding hydrogens is 364 g/mol. The molecule has 0 radical (unpaired) electrons. The predicted octanol–water partition coefficient (Wildman–Crippen LogP) is 2.97. The zero-order valence-corrected chi connectivity index (χ0v) is 16.3. The molecule has 1 N–H and O–H groups in total. The van der Waals surface area contributed by atoms with Gasteiger partial charge in [-0.15, -0.1) is 10.2 Å². The smallest absolute Gasteiger partial charge is 0.252 e. The molecule has 0 saturated heterocycles. The van der Waals surface area contributed by atoms with Crippen molar-refractivity contribution in [2.75, 3.05) is 26.2 Å². The third kappa shape index (κ3) is 4.16. The zero-order chi connectivity index (χ0) is 19.2. The van der Waals surface area contributed by atoms with Gasteiger partial charge in [-0.05, 0) is 48.8 Å². The summed E-state index contributed by atoms with van der Waals surface area (Å²) in [5, 5.41) is 11.6. The summed E-state index contributed by atoms with van der Waals surface area (Å²) in [4.78, 5) is 12.8. The standard InChI is InChI=1S/C19H22N4O3S/c1-25-15-8-7-13(12-16(15)26-2)19(24)20-14(9-11-27-3)18-22-21-17-6-4-5-10-23(17)18/h4-8,10,12,14H,9,11H2,1-3H3,(H,20,24)/t14-/m1/s1. The van der Waals surface area contributed by atoms with Crippen LogP contribution in [-0.2, 0) is 0 Å². The quantitative estimate of drug-likeness (QED) is 0.641. The first-order valence-electron chi connectivity index (χ1n) is 8.49. The topological polar surface area (TPSA) is 77.8 Å². The number of rotatable bonds is 8. The number of hydrogen-bond acceptors (Lipinski definition) is 6. The van der Waals surface area contributed by atoms with Gasteiger partial charge < -0.3 is 14.8 Å². The fourth-order valence-electron chi connectivity index (χ4n) is 2.82. The van der Waals surface area contributed by atoms with Crippen molar-refractivity contribution in [3.8, 4) is 11.5 Å². The highest BCUT2D eigenvalue weighted by molar-refractivity contribution is 7.98. The molecule has 142 valence electrons. The molecule has 0 aliphatic carbocycles. The SMILES string of the molecule is COc1ccc(C(=O)N[C@H](CCSC)c2nnc3ccccn23)cc1OC. The normalized spacial score (nSPS) is 12.0. The van der Waals surface area contributed by atoms with Gasteiger partial charge in [0.1, 0.15) is 0 Å². The van der Waals surface area contributed by atoms with Crippen LogP contribution in [-0.4, -0.2) is 46.7 Å². The van der Waals surface area contributed by atoms with Crippen LogP contribution in [0.1, 0.15) is 28.6 Å². The van der Waals surface area contributed by atoms with E-state index in [1.165, 1.54) is 0 Å². The van der Waals surface area contributed by atoms with Crippen LogP contribution in [0.25, 0.3) is 5.65 Å². The largest absolute Gasteiger partial charge is 0.493 e. The molecule has 3 aromatic rings. The first-order valence-corrected chi connectivity index (χ1v) is 9.88. The van der Waals surface area contributed by atoms with Gasteiger partial charge in [0.15, 0.2) is 23.0 Å². The number of pyridine rings is 1. The van der Waals surface area contributed by atoms with Crippen LogP contribution in [0.2, 0.25) is 0 Å². The maximum atomic E-state index is 12.8. The Kier molecular flexibility index (Phi) is 6.18. The van der Waals surface area contributed by atoms with E-state index in [0.29, 0.717) is 22.9 Å². The first kappa shape index (κ1) is 19.0. The highest BCUT2D eigenvalue weighted by Gasteiger charge is 2.21. The van der Waals surface area contributed by atoms with Crippen LogP contribution in [0, 0.1) is 0 Å². The van der Waals surface area contributed by atoms with E-state index < -0.39 is 0 Å². The Morgan fingerprint density at radius 3 is 2.74 bits per heavy atom. The number of benzene rings is 1. The summed E-state index contributed by atoms with van der Waals surface area (Å²) in [6, 6.07) is 10.6. The van der Waals surface area contributed by atoms with Crippen LogP contribution in [0.5, 0.6) is 11.5 Å². The van der Waals surface area contributed by atoms with E-state index in [1.807, 2.05) is 35.1 Å². The number of thioether (sulfide) groups is 1. The van der Waals surface area contributed by atoms with E-state index in [2.05, 4.69) is 15.5 Å². The average molecular weight is 386 g/mol. The van der Waals surface area contributed by atoms with E-state index in [9.17, 15) is 4.79 Å². The number of amides is 1. The molecule has 1 aromatic carbocycles. The van der Waals surface area contributed by atoms with Crippen molar-refractivity contribution in [1.82, 2.24) is 19.9 Å². The van der Waals surface area contributed by atoms with Crippen LogP contribution in [0.15, 0.2) is 42.6 Å². The lowest BCUT2D eigenvalue weighted by Crippen LogP contribution is -2.30. The highest BCUT2D eigenvalue weighted by Crippen LogP contribution is 2.28. The van der Waals surface area contributed by atoms with Crippen LogP contribution >= 0.6 is 11.8 Å². The zero-order valence-electron chi connectivity index (χ0n) is 15.5. The van der Waals surface area contributed by atoms with Crippen molar-refractivity contribution >= 4 is 23.3 Å². The lowest BCUT2D eigenvalue weighted by atomic mass is 10.1. The summed E-state index contributed by atoms with van der Waals surface area (Å²) in [6.07, 6.45) is 4.68. The molecule has 0 spiro atoms. The molecule has 2 aromatic heterocycles. The Morgan fingerprint density at radius 1 is 1.19 bits per heavy atom. The Bertz CT molecular complexity index is 928. The lowest BCUT2D eigenvalue weighted by Gasteiger charge is -2.17. The van der Waals surface area contributed by atoms with Crippen LogP contribution in [0.4, 0.5) is 0 Å². The second-order valence-corrected chi connectivity index (χ2v) is 6.85. The van der Waals surface area contributed by atoms with E-state index in [4.69, 9.17) is 9.47 Å². The van der Waals surface area contributed by atoms with Crippen molar-refractivity contribution in [1.29, 1.82) is 0 Å². The van der Waals surface area contributed by atoms with Gasteiger partial charge in [0, 0.05) is 11.8 Å². The summed E-state index contributed by atoms with van der Waals surface area (Å²) in [7, 11) is 3.11. The van der Waals surface area contributed by atoms with Gasteiger partial charge in [0.2, 0.25) is 0 Å². The van der Waals surface area contributed by atoms with Crippen molar-refractivity contribution in [2.45, 2.75) is 12.5 Å². The van der Waals surface area contributed by atoms with Crippen LogP contribution in [0.3, 0.4) is 0 Å². The van der Waals surface area contributed by atoms with Gasteiger partial charge in [0.05, 0.1) is 20.3 Å². The average Bonchev–Trinajstić information content (AvgIpc) is 3.14. The van der Waals surface area contributed by atoms with E-state index in [-0.39, 0.29) is 11.9 Å². The third-order valence-corrected chi connectivity index (χ3v) is 4.86. The maximum absolute atomic E-state index is 12.8. The Balaban J connectivity index is 1.87. The molecule has 8 heteroatoms. The summed E-state index contributed by atoms with van der Waals surface area (Å²) in [6.45, 7) is 0. The molecule has 0 fully saturated rings. The molecule has 0 unspecified atom stereocenters. The molecule has 2 heterocycles. The fourth-order valence-corrected chi connectivity index (χ4v) is 3.29. The molecule has 0 bridgehead atoms. The summed E-state index contributed by atoms with van der Waals surface area (Å²) in [5.74, 6) is 2.50. The highest BCUT2D eigenvalue weighted by atomic mass is 32.2. The number of carbonyl (C=O) groups is 1. The molecular formula is C19H22N4O3S. The molecule has 7 nitrogen and oxygen atoms in total. The van der Waals surface area contributed by atoms with Crippen molar-refractivity contribution < 1.29 is 14.3 Å². The number of methoxy groups -OCH3 is 2. The fraction of sp³-hybridized carbons (Fsp3) is 0.316. The summed E-state index contributed by atoms with van der Waals surface area (Å²) >= 11 is 1.72. The van der Waals surface area contributed by atoms with Gasteiger partial charge in [-0.1, -0.05) is 6.07 Å². The van der Waals surface area contributed by atoms with E-state index in [0.717, 1.165) is 17.8 Å². The second kappa shape index (κ2) is 8.77. The minimum absolute atomic E-state index is 0.199. The maximum Gasteiger partial charge on any atom is 0.252 e. The van der Waals surface area contributed by atoms with Gasteiger partial charge in [-0.25, -0.2) is 0 Å². The van der Waals surface area contributed by atoms with Crippen LogP contribution < -0.4 is 14.8 Å². The number of nitrogens with one attached hydrogen (secondary N) is 1. The van der Waals surface area contributed by atoms with Gasteiger partial charge in [0.25, 0.3) is 5.91 Å². The van der Waals surface area contributed by atoms with E-state index in [1.54, 1.807) is 44.2 Å². The lowest BCUT2D eigenvalue weighted by molar-refractivity contribution is 0.0933. The third-order valence-electron chi connectivity index (χ3n) is 4.21. The monoisotopic (exact) mass is 386 g/mol. The molecule has 1 amide bonds. The number of carbonyl (C=O) groups excluding carboxylic acids is 1. The molecule has 0 saturated carbocycles. The molecule has 0 aliphatic heterocycles. The first-order chi connectivity index (χ1) is 13.2. The minimum Gasteiger partial charge on any atom is -0.493 e. The molecule has 0 aliphatic rings. The van der Waals surface area contributed by atoms with E-state index >= 15 is 0 Å². The predicted molar refractivity (Wildman–Crippen MR) is 106 cm³/mol. The minimum atomic E-state index is -0.254. The second-order valence-electron chi connectivity index (χ2n) is 5.86. The molecule has 1 atom stereocenters. The van der Waals surface area contributed by atoms with Gasteiger partial charge in [-0.3, -0.25) is 9.20 Å². The number of fused-ring (bicyclic) bond motifs is 1. The number of hydrogen-bond donors (Lipinski definition) is 1. The number of ether oxygens (including phenoxy) is 2. The van der Waals surface area contributed by atoms with Gasteiger partial charge in [-0.2, -0.15) is 11.8 Å². The summed E-state index contributed by atoms with van der Waals surface area (Å²) < 4.78 is 12.4. The van der Waals surface area contributed by atoms with Crippen molar-refractivity contribution in [2.24, 2.45) is 0 Å². The summed E-state index contributed by atoms with van der Waals surface area (Å²) in [5.41, 5.74) is 1.25. The Hall–Kier alpha value is -2.74.